The molecule has 2 atom stereocenters. The number of aliphatic hydroxyl groups is 1. The largest absolute Gasteiger partial charge is 0.396 e. The number of nitrogens with two attached hydrogens (primary N) is 1. The number of piperidine rings is 1. The van der Waals surface area contributed by atoms with Gasteiger partial charge >= 0.3 is 0 Å². The van der Waals surface area contributed by atoms with E-state index in [2.05, 4.69) is 15.1 Å². The molecular formula is C15H24ClN5O3. The van der Waals surface area contributed by atoms with Crippen LogP contribution in [0.2, 0.25) is 5.02 Å². The molecular weight excluding hydrogens is 334 g/mol. The fourth-order valence-electron chi connectivity index (χ4n) is 3.54. The van der Waals surface area contributed by atoms with Crippen LogP contribution in [0.15, 0.2) is 0 Å². The maximum Gasteiger partial charge on any atom is 0.273 e. The topological polar surface area (TPSA) is 108 Å². The molecule has 2 fully saturated rings. The molecule has 2 saturated heterocycles. The zero-order valence-corrected chi connectivity index (χ0v) is 14.3. The number of H-pyrrole nitrogens is 1. The highest BCUT2D eigenvalue weighted by atomic mass is 35.5. The van der Waals surface area contributed by atoms with Gasteiger partial charge in [0.1, 0.15) is 10.7 Å². The van der Waals surface area contributed by atoms with Crippen molar-refractivity contribution in [2.24, 2.45) is 11.8 Å². The summed E-state index contributed by atoms with van der Waals surface area (Å²) in [5.41, 5.74) is 5.83. The molecule has 3 heterocycles. The third-order valence-corrected chi connectivity index (χ3v) is 5.12. The summed E-state index contributed by atoms with van der Waals surface area (Å²) in [7, 11) is 0. The van der Waals surface area contributed by atoms with Crippen LogP contribution < -0.4 is 5.73 Å². The van der Waals surface area contributed by atoms with Crippen molar-refractivity contribution in [3.63, 3.8) is 0 Å². The molecule has 9 heteroatoms. The summed E-state index contributed by atoms with van der Waals surface area (Å²) in [6.45, 7) is 5.47. The van der Waals surface area contributed by atoms with Gasteiger partial charge < -0.3 is 20.5 Å². The monoisotopic (exact) mass is 357 g/mol. The van der Waals surface area contributed by atoms with Crippen molar-refractivity contribution in [2.45, 2.75) is 6.42 Å². The molecule has 0 aliphatic carbocycles. The molecule has 2 aliphatic rings. The number of nitrogens with one attached hydrogen (secondary N) is 1. The number of aromatic nitrogens is 2. The van der Waals surface area contributed by atoms with Crippen molar-refractivity contribution < 1.29 is 14.6 Å². The van der Waals surface area contributed by atoms with E-state index in [1.165, 1.54) is 0 Å². The van der Waals surface area contributed by atoms with Crippen molar-refractivity contribution in [3.05, 3.63) is 10.7 Å². The number of halogens is 1. The molecule has 0 spiro atoms. The Morgan fingerprint density at radius 2 is 2.08 bits per heavy atom. The van der Waals surface area contributed by atoms with Crippen LogP contribution in [0.25, 0.3) is 0 Å². The van der Waals surface area contributed by atoms with Gasteiger partial charge in [-0.05, 0) is 18.3 Å². The number of hydrogen-bond donors (Lipinski definition) is 3. The normalized spacial score (nSPS) is 25.8. The van der Waals surface area contributed by atoms with Gasteiger partial charge in [-0.25, -0.2) is 0 Å². The van der Waals surface area contributed by atoms with E-state index in [9.17, 15) is 9.90 Å². The average Bonchev–Trinajstić information content (AvgIpc) is 2.94. The lowest BCUT2D eigenvalue weighted by molar-refractivity contribution is 0.0129. The van der Waals surface area contributed by atoms with Crippen LogP contribution in [0.1, 0.15) is 16.9 Å². The fourth-order valence-corrected chi connectivity index (χ4v) is 3.71. The molecule has 2 aliphatic heterocycles. The van der Waals surface area contributed by atoms with Crippen LogP contribution in [0.3, 0.4) is 0 Å². The second-order valence-corrected chi connectivity index (χ2v) is 6.95. The smallest absolute Gasteiger partial charge is 0.273 e. The molecule has 8 nitrogen and oxygen atoms in total. The predicted octanol–water partition coefficient (Wildman–Crippen LogP) is 0.0481. The van der Waals surface area contributed by atoms with Crippen molar-refractivity contribution in [1.29, 1.82) is 0 Å². The molecule has 0 bridgehead atoms. The molecule has 0 unspecified atom stereocenters. The lowest BCUT2D eigenvalue weighted by atomic mass is 9.89. The van der Waals surface area contributed by atoms with Gasteiger partial charge in [0.25, 0.3) is 5.91 Å². The first-order chi connectivity index (χ1) is 11.6. The van der Waals surface area contributed by atoms with Gasteiger partial charge in [0.15, 0.2) is 5.82 Å². The Hall–Kier alpha value is -1.35. The summed E-state index contributed by atoms with van der Waals surface area (Å²) in [6.07, 6.45) is 0.913. The number of carbonyl (C=O) groups excluding carboxylic acids is 1. The first-order valence-corrected chi connectivity index (χ1v) is 8.65. The Balaban J connectivity index is 1.68. The Bertz CT molecular complexity index is 575. The molecule has 0 radical (unpaired) electrons. The Morgan fingerprint density at radius 1 is 1.38 bits per heavy atom. The summed E-state index contributed by atoms with van der Waals surface area (Å²) >= 11 is 6.05. The van der Waals surface area contributed by atoms with Gasteiger partial charge in [-0.3, -0.25) is 14.8 Å². The molecule has 1 aromatic heterocycles. The summed E-state index contributed by atoms with van der Waals surface area (Å²) in [5.74, 6) is 0.305. The second-order valence-electron chi connectivity index (χ2n) is 6.57. The lowest BCUT2D eigenvalue weighted by Crippen LogP contribution is -2.49. The third-order valence-electron chi connectivity index (χ3n) is 4.74. The van der Waals surface area contributed by atoms with Crippen LogP contribution >= 0.6 is 11.6 Å². The van der Waals surface area contributed by atoms with Gasteiger partial charge in [-0.15, -0.1) is 0 Å². The minimum absolute atomic E-state index is 0.0717. The van der Waals surface area contributed by atoms with Gasteiger partial charge in [-0.2, -0.15) is 5.10 Å². The highest BCUT2D eigenvalue weighted by Gasteiger charge is 2.33. The molecule has 1 amide bonds. The lowest BCUT2D eigenvalue weighted by Gasteiger charge is -2.39. The molecule has 134 valence electrons. The van der Waals surface area contributed by atoms with E-state index in [0.717, 1.165) is 39.3 Å². The number of ether oxygens (including phenoxy) is 1. The van der Waals surface area contributed by atoms with Crippen molar-refractivity contribution in [3.8, 4) is 0 Å². The van der Waals surface area contributed by atoms with E-state index in [0.29, 0.717) is 19.0 Å². The van der Waals surface area contributed by atoms with Crippen molar-refractivity contribution in [1.82, 2.24) is 20.0 Å². The Kier molecular flexibility index (Phi) is 5.60. The Morgan fingerprint density at radius 3 is 2.71 bits per heavy atom. The number of carbonyl (C=O) groups is 1. The van der Waals surface area contributed by atoms with E-state index >= 15 is 0 Å². The van der Waals surface area contributed by atoms with E-state index in [4.69, 9.17) is 22.1 Å². The highest BCUT2D eigenvalue weighted by Crippen LogP contribution is 2.27. The molecule has 0 aromatic carbocycles. The van der Waals surface area contributed by atoms with Gasteiger partial charge in [0.05, 0.1) is 13.2 Å². The first kappa shape index (κ1) is 17.5. The maximum atomic E-state index is 12.7. The minimum Gasteiger partial charge on any atom is -0.396 e. The van der Waals surface area contributed by atoms with Gasteiger partial charge in [0.2, 0.25) is 0 Å². The molecule has 3 rings (SSSR count). The first-order valence-electron chi connectivity index (χ1n) is 8.28. The van der Waals surface area contributed by atoms with E-state index < -0.39 is 0 Å². The van der Waals surface area contributed by atoms with Crippen LogP contribution in [-0.4, -0.2) is 83.6 Å². The standard InChI is InChI=1S/C15H24ClN5O3/c16-12-13(18-19-14(12)17)15(23)21-7-10(5-11(8-21)9-22)6-20-1-3-24-4-2-20/h10-11,22H,1-9H2,(H3,17,18,19)/t10-,11+/m0/s1. The fraction of sp³-hybridized carbons (Fsp3) is 0.733. The number of likely N-dealkylation sites (tertiary alicyclic amines) is 1. The highest BCUT2D eigenvalue weighted by molar-refractivity contribution is 6.35. The van der Waals surface area contributed by atoms with Crippen molar-refractivity contribution in [2.75, 3.05) is 58.3 Å². The maximum absolute atomic E-state index is 12.7. The predicted molar refractivity (Wildman–Crippen MR) is 89.9 cm³/mol. The van der Waals surface area contributed by atoms with Gasteiger partial charge in [-0.1, -0.05) is 11.6 Å². The Labute approximate surface area is 145 Å². The van der Waals surface area contributed by atoms with E-state index in [1.54, 1.807) is 4.90 Å². The number of aromatic amines is 1. The summed E-state index contributed by atoms with van der Waals surface area (Å²) in [5, 5.41) is 16.2. The molecule has 1 aromatic rings. The number of morpholine rings is 1. The van der Waals surface area contributed by atoms with Gasteiger partial charge in [0, 0.05) is 39.3 Å². The SMILES string of the molecule is Nc1n[nH]c(C(=O)N2C[C@H](CO)C[C@@H](CN3CCOCC3)C2)c1Cl. The third kappa shape index (κ3) is 3.83. The van der Waals surface area contributed by atoms with Crippen molar-refractivity contribution >= 4 is 23.3 Å². The summed E-state index contributed by atoms with van der Waals surface area (Å²) < 4.78 is 5.38. The molecule has 4 N–H and O–H groups in total. The summed E-state index contributed by atoms with van der Waals surface area (Å²) in [6, 6.07) is 0. The number of nitrogen functional groups attached to an aromatic ring is 1. The molecule has 24 heavy (non-hydrogen) atoms. The number of rotatable bonds is 4. The average molecular weight is 358 g/mol. The number of nitrogens with zero attached hydrogens (tertiary/aromatic N) is 3. The number of aliphatic hydroxyl groups excluding tert-OH is 1. The van der Waals surface area contributed by atoms with Crippen LogP contribution in [-0.2, 0) is 4.74 Å². The number of amides is 1. The molecule has 0 saturated carbocycles. The minimum atomic E-state index is -0.214. The van der Waals surface area contributed by atoms with Crippen LogP contribution in [0.4, 0.5) is 5.82 Å². The van der Waals surface area contributed by atoms with E-state index in [-0.39, 0.29) is 35.0 Å². The van der Waals surface area contributed by atoms with E-state index in [1.807, 2.05) is 0 Å². The quantitative estimate of drug-likeness (QED) is 0.702. The number of hydrogen-bond acceptors (Lipinski definition) is 6. The zero-order valence-electron chi connectivity index (χ0n) is 13.6. The van der Waals surface area contributed by atoms with Crippen LogP contribution in [0, 0.1) is 11.8 Å². The van der Waals surface area contributed by atoms with Crippen LogP contribution in [0.5, 0.6) is 0 Å². The summed E-state index contributed by atoms with van der Waals surface area (Å²) in [4.78, 5) is 16.8. The zero-order chi connectivity index (χ0) is 17.1. The number of anilines is 1. The second kappa shape index (κ2) is 7.69.